The summed E-state index contributed by atoms with van der Waals surface area (Å²) >= 11 is 0. The zero-order valence-corrected chi connectivity index (χ0v) is 9.09. The van der Waals surface area contributed by atoms with Crippen molar-refractivity contribution in [2.24, 2.45) is 5.92 Å². The van der Waals surface area contributed by atoms with Gasteiger partial charge in [-0.05, 0) is 18.1 Å². The van der Waals surface area contributed by atoms with Gasteiger partial charge < -0.3 is 5.11 Å². The zero-order chi connectivity index (χ0) is 12.0. The second-order valence-electron chi connectivity index (χ2n) is 4.52. The Kier molecular flexibility index (Phi) is 1.96. The first-order valence-corrected chi connectivity index (χ1v) is 5.55. The van der Waals surface area contributed by atoms with E-state index in [1.54, 1.807) is 30.5 Å². The molecule has 2 aliphatic rings. The number of fused-ring (bicyclic) bond motifs is 4. The average molecular weight is 229 g/mol. The third-order valence-corrected chi connectivity index (χ3v) is 3.68. The number of carbonyl (C=O) groups is 2. The zero-order valence-electron chi connectivity index (χ0n) is 9.09. The predicted octanol–water partition coefficient (Wildman–Crippen LogP) is 1.11. The molecule has 1 heterocycles. The topological polar surface area (TPSA) is 67.3 Å². The Hall–Kier alpha value is -1.97. The van der Waals surface area contributed by atoms with Crippen LogP contribution in [-0.4, -0.2) is 21.8 Å². The molecule has 1 aromatic heterocycles. The molecular formula is C13H11NO3. The minimum absolute atomic E-state index is 0.201. The van der Waals surface area contributed by atoms with Crippen molar-refractivity contribution < 1.29 is 14.7 Å². The van der Waals surface area contributed by atoms with Gasteiger partial charge in [0.2, 0.25) is 0 Å². The van der Waals surface area contributed by atoms with Gasteiger partial charge in [-0.25, -0.2) is 0 Å². The molecule has 86 valence electrons. The number of nitrogens with zero attached hydrogens (tertiary/aromatic N) is 1. The molecule has 2 unspecified atom stereocenters. The van der Waals surface area contributed by atoms with E-state index in [2.05, 4.69) is 4.98 Å². The highest BCUT2D eigenvalue weighted by Crippen LogP contribution is 2.42. The first-order chi connectivity index (χ1) is 8.16. The number of hydrogen-bond donors (Lipinski definition) is 1. The number of carbonyl (C=O) groups excluding carboxylic acids is 1. The van der Waals surface area contributed by atoms with Gasteiger partial charge in [-0.3, -0.25) is 14.6 Å². The van der Waals surface area contributed by atoms with E-state index < -0.39 is 11.4 Å². The lowest BCUT2D eigenvalue weighted by molar-refractivity contribution is -0.150. The summed E-state index contributed by atoms with van der Waals surface area (Å²) in [5.41, 5.74) is -0.0942. The molecule has 2 atom stereocenters. The van der Waals surface area contributed by atoms with Crippen LogP contribution in [0.1, 0.15) is 17.7 Å². The summed E-state index contributed by atoms with van der Waals surface area (Å²) < 4.78 is 0. The van der Waals surface area contributed by atoms with Crippen LogP contribution in [0.3, 0.4) is 0 Å². The first-order valence-electron chi connectivity index (χ1n) is 5.55. The molecule has 0 aromatic carbocycles. The van der Waals surface area contributed by atoms with Crippen LogP contribution in [0.25, 0.3) is 0 Å². The number of rotatable bonds is 1. The summed E-state index contributed by atoms with van der Waals surface area (Å²) in [6.45, 7) is 0. The minimum atomic E-state index is -1.40. The van der Waals surface area contributed by atoms with Crippen molar-refractivity contribution in [3.63, 3.8) is 0 Å². The summed E-state index contributed by atoms with van der Waals surface area (Å²) in [6.07, 6.45) is 6.00. The SMILES string of the molecule is O=C(O)C12CC=CC(Cc3ncccc31)C2=O. The third kappa shape index (κ3) is 1.15. The Labute approximate surface area is 98.0 Å². The fourth-order valence-corrected chi connectivity index (χ4v) is 2.82. The maximum Gasteiger partial charge on any atom is 0.322 e. The Balaban J connectivity index is 2.31. The van der Waals surface area contributed by atoms with Gasteiger partial charge in [0.15, 0.2) is 11.2 Å². The van der Waals surface area contributed by atoms with Gasteiger partial charge in [0.05, 0.1) is 0 Å². The van der Waals surface area contributed by atoms with Crippen LogP contribution in [0.2, 0.25) is 0 Å². The van der Waals surface area contributed by atoms with Gasteiger partial charge in [0.1, 0.15) is 0 Å². The number of carboxylic acids is 1. The smallest absolute Gasteiger partial charge is 0.322 e. The van der Waals surface area contributed by atoms with Gasteiger partial charge in [-0.1, -0.05) is 18.2 Å². The quantitative estimate of drug-likeness (QED) is 0.578. The molecule has 2 aliphatic carbocycles. The number of hydrogen-bond acceptors (Lipinski definition) is 3. The van der Waals surface area contributed by atoms with Crippen molar-refractivity contribution in [2.75, 3.05) is 0 Å². The highest BCUT2D eigenvalue weighted by Gasteiger charge is 2.54. The molecule has 2 bridgehead atoms. The summed E-state index contributed by atoms with van der Waals surface area (Å²) in [5.74, 6) is -1.60. The number of aliphatic carboxylic acids is 1. The Morgan fingerprint density at radius 1 is 1.53 bits per heavy atom. The molecule has 0 spiro atoms. The lowest BCUT2D eigenvalue weighted by Gasteiger charge is -2.38. The molecule has 4 nitrogen and oxygen atoms in total. The van der Waals surface area contributed by atoms with Crippen LogP contribution >= 0.6 is 0 Å². The van der Waals surface area contributed by atoms with Gasteiger partial charge in [0, 0.05) is 24.2 Å². The van der Waals surface area contributed by atoms with Crippen molar-refractivity contribution in [3.8, 4) is 0 Å². The van der Waals surface area contributed by atoms with E-state index in [9.17, 15) is 14.7 Å². The van der Waals surface area contributed by atoms with Crippen molar-refractivity contribution in [1.29, 1.82) is 0 Å². The number of ketones is 1. The highest BCUT2D eigenvalue weighted by molar-refractivity contribution is 6.12. The van der Waals surface area contributed by atoms with E-state index in [-0.39, 0.29) is 18.1 Å². The van der Waals surface area contributed by atoms with Crippen molar-refractivity contribution in [3.05, 3.63) is 41.7 Å². The molecule has 0 saturated carbocycles. The van der Waals surface area contributed by atoms with Crippen LogP contribution in [-0.2, 0) is 21.4 Å². The maximum absolute atomic E-state index is 12.3. The lowest BCUT2D eigenvalue weighted by atomic mass is 9.62. The highest BCUT2D eigenvalue weighted by atomic mass is 16.4. The normalized spacial score (nSPS) is 29.9. The van der Waals surface area contributed by atoms with Gasteiger partial charge in [-0.15, -0.1) is 0 Å². The molecular weight excluding hydrogens is 218 g/mol. The van der Waals surface area contributed by atoms with Crippen molar-refractivity contribution in [1.82, 2.24) is 4.98 Å². The Bertz CT molecular complexity index is 549. The minimum Gasteiger partial charge on any atom is -0.480 e. The van der Waals surface area contributed by atoms with Gasteiger partial charge in [0.25, 0.3) is 0 Å². The van der Waals surface area contributed by atoms with E-state index >= 15 is 0 Å². The maximum atomic E-state index is 12.3. The monoisotopic (exact) mass is 229 g/mol. The third-order valence-electron chi connectivity index (χ3n) is 3.68. The van der Waals surface area contributed by atoms with Crippen LogP contribution < -0.4 is 0 Å². The molecule has 0 saturated heterocycles. The fraction of sp³-hybridized carbons (Fsp3) is 0.308. The van der Waals surface area contributed by atoms with Crippen molar-refractivity contribution in [2.45, 2.75) is 18.3 Å². The molecule has 0 amide bonds. The van der Waals surface area contributed by atoms with E-state index in [1.165, 1.54) is 0 Å². The van der Waals surface area contributed by atoms with Crippen LogP contribution in [0.15, 0.2) is 30.5 Å². The van der Waals surface area contributed by atoms with E-state index in [4.69, 9.17) is 0 Å². The van der Waals surface area contributed by atoms with Crippen LogP contribution in [0.4, 0.5) is 0 Å². The lowest BCUT2D eigenvalue weighted by Crippen LogP contribution is -2.52. The van der Waals surface area contributed by atoms with Crippen molar-refractivity contribution >= 4 is 11.8 Å². The van der Waals surface area contributed by atoms with Gasteiger partial charge >= 0.3 is 5.97 Å². The molecule has 0 aliphatic heterocycles. The summed E-state index contributed by atoms with van der Waals surface area (Å²) in [6, 6.07) is 3.40. The number of pyridine rings is 1. The van der Waals surface area contributed by atoms with Gasteiger partial charge in [-0.2, -0.15) is 0 Å². The molecule has 3 rings (SSSR count). The average Bonchev–Trinajstić information content (AvgIpc) is 2.29. The summed E-state index contributed by atoms with van der Waals surface area (Å²) in [4.78, 5) is 28.1. The number of aromatic nitrogens is 1. The van der Waals surface area contributed by atoms with E-state index in [1.807, 2.05) is 0 Å². The fourth-order valence-electron chi connectivity index (χ4n) is 2.82. The number of carboxylic acid groups (broad SMARTS) is 1. The first kappa shape index (κ1) is 10.2. The molecule has 1 aromatic rings. The second kappa shape index (κ2) is 3.26. The largest absolute Gasteiger partial charge is 0.480 e. The molecule has 4 heteroatoms. The standard InChI is InChI=1S/C13H11NO3/c15-11-8-3-1-5-13(11,12(16)17)9-4-2-6-14-10(9)7-8/h1-4,6,8H,5,7H2,(H,16,17). The van der Waals surface area contributed by atoms with Crippen LogP contribution in [0.5, 0.6) is 0 Å². The summed E-state index contributed by atoms with van der Waals surface area (Å²) in [7, 11) is 0. The molecule has 0 radical (unpaired) electrons. The number of Topliss-reactive ketones (excluding diaryl/α,β-unsaturated/α-hetero) is 1. The number of allylic oxidation sites excluding steroid dienone is 2. The molecule has 17 heavy (non-hydrogen) atoms. The second-order valence-corrected chi connectivity index (χ2v) is 4.52. The predicted molar refractivity (Wildman–Crippen MR) is 59.5 cm³/mol. The summed E-state index contributed by atoms with van der Waals surface area (Å²) in [5, 5.41) is 9.48. The Morgan fingerprint density at radius 2 is 2.35 bits per heavy atom. The molecule has 0 fully saturated rings. The Morgan fingerprint density at radius 3 is 3.12 bits per heavy atom. The van der Waals surface area contributed by atoms with Crippen LogP contribution in [0, 0.1) is 5.92 Å². The molecule has 1 N–H and O–H groups in total. The van der Waals surface area contributed by atoms with E-state index in [0.29, 0.717) is 12.0 Å². The van der Waals surface area contributed by atoms with E-state index in [0.717, 1.165) is 5.69 Å².